The number of nitrogen functional groups attached to an aromatic ring is 1. The number of fused-ring (bicyclic) bond motifs is 1. The number of carbonyl (C=O) groups is 1. The molecule has 0 saturated heterocycles. The van der Waals surface area contributed by atoms with E-state index in [-0.39, 0.29) is 41.2 Å². The normalized spacial score (nSPS) is 20.1. The SMILES string of the molecule is COc1nc(N)nc2c1ncn2C1CC(COP(=O)(Oc2ccc(Cl)cc2F)N(C)C(C)C(=O)O)C1. The Morgan fingerprint density at radius 2 is 2.14 bits per heavy atom. The van der Waals surface area contributed by atoms with Gasteiger partial charge in [-0.3, -0.25) is 9.32 Å². The molecule has 194 valence electrons. The molecule has 4 rings (SSSR count). The predicted octanol–water partition coefficient (Wildman–Crippen LogP) is 3.77. The molecule has 15 heteroatoms. The average Bonchev–Trinajstić information content (AvgIpc) is 3.21. The van der Waals surface area contributed by atoms with Crippen molar-refractivity contribution in [2.75, 3.05) is 26.5 Å². The minimum atomic E-state index is -4.26. The van der Waals surface area contributed by atoms with E-state index >= 15 is 0 Å². The number of halogens is 2. The van der Waals surface area contributed by atoms with Crippen molar-refractivity contribution < 1.29 is 32.6 Å². The fourth-order valence-corrected chi connectivity index (χ4v) is 5.65. The van der Waals surface area contributed by atoms with Crippen molar-refractivity contribution in [3.63, 3.8) is 0 Å². The zero-order valence-corrected chi connectivity index (χ0v) is 21.3. The van der Waals surface area contributed by atoms with E-state index in [9.17, 15) is 18.9 Å². The average molecular weight is 543 g/mol. The second-order valence-electron chi connectivity index (χ2n) is 8.42. The summed E-state index contributed by atoms with van der Waals surface area (Å²) in [4.78, 5) is 24.1. The van der Waals surface area contributed by atoms with Crippen LogP contribution in [0.2, 0.25) is 5.02 Å². The first kappa shape index (κ1) is 26.1. The number of carboxylic acid groups (broad SMARTS) is 1. The standard InChI is InChI=1S/C21H25ClFN6O6P/c1-11(20(30)31)28(2)36(32,35-16-5-4-13(22)8-15(16)23)34-9-12-6-14(7-12)29-10-25-17-18(29)26-21(24)27-19(17)33-3/h4-5,8,10-12,14H,6-7,9H2,1-3H3,(H,30,31)(H2,24,26,27). The van der Waals surface area contributed by atoms with Gasteiger partial charge in [0.1, 0.15) is 6.04 Å². The molecule has 1 aliphatic carbocycles. The Balaban J connectivity index is 1.47. The molecule has 2 heterocycles. The summed E-state index contributed by atoms with van der Waals surface area (Å²) < 4.78 is 47.1. The maximum atomic E-state index is 14.3. The van der Waals surface area contributed by atoms with Gasteiger partial charge in [0, 0.05) is 11.1 Å². The lowest BCUT2D eigenvalue weighted by Gasteiger charge is -2.37. The maximum absolute atomic E-state index is 14.3. The predicted molar refractivity (Wildman–Crippen MR) is 129 cm³/mol. The van der Waals surface area contributed by atoms with Crippen LogP contribution in [0.3, 0.4) is 0 Å². The van der Waals surface area contributed by atoms with Crippen molar-refractivity contribution in [3.05, 3.63) is 35.4 Å². The summed E-state index contributed by atoms with van der Waals surface area (Å²) >= 11 is 5.78. The third kappa shape index (κ3) is 5.10. The number of benzene rings is 1. The second kappa shape index (κ2) is 10.2. The number of nitrogens with two attached hydrogens (primary N) is 1. The molecule has 3 N–H and O–H groups in total. The minimum Gasteiger partial charge on any atom is -0.480 e. The van der Waals surface area contributed by atoms with Crippen molar-refractivity contribution in [1.29, 1.82) is 0 Å². The molecule has 0 amide bonds. The van der Waals surface area contributed by atoms with Gasteiger partial charge in [0.05, 0.1) is 20.0 Å². The number of likely N-dealkylation sites (N-methyl/N-ethyl adjacent to an activating group) is 1. The van der Waals surface area contributed by atoms with E-state index in [4.69, 9.17) is 31.1 Å². The summed E-state index contributed by atoms with van der Waals surface area (Å²) in [5.41, 5.74) is 6.80. The molecule has 0 radical (unpaired) electrons. The highest BCUT2D eigenvalue weighted by Crippen LogP contribution is 2.54. The number of imidazole rings is 1. The fourth-order valence-electron chi connectivity index (χ4n) is 3.81. The second-order valence-corrected chi connectivity index (χ2v) is 10.9. The summed E-state index contributed by atoms with van der Waals surface area (Å²) in [5, 5.41) is 9.51. The van der Waals surface area contributed by atoms with Crippen LogP contribution in [0.1, 0.15) is 25.8 Å². The number of anilines is 1. The number of hydrogen-bond donors (Lipinski definition) is 2. The van der Waals surface area contributed by atoms with Crippen molar-refractivity contribution in [2.24, 2.45) is 5.92 Å². The Morgan fingerprint density at radius 1 is 1.42 bits per heavy atom. The molecule has 2 atom stereocenters. The Morgan fingerprint density at radius 3 is 2.78 bits per heavy atom. The number of nitrogens with zero attached hydrogens (tertiary/aromatic N) is 5. The largest absolute Gasteiger partial charge is 0.480 e. The molecule has 0 aliphatic heterocycles. The Labute approximate surface area is 210 Å². The topological polar surface area (TPSA) is 155 Å². The molecule has 1 aliphatic rings. The summed E-state index contributed by atoms with van der Waals surface area (Å²) in [7, 11) is -1.51. The van der Waals surface area contributed by atoms with Gasteiger partial charge in [-0.1, -0.05) is 11.6 Å². The van der Waals surface area contributed by atoms with Crippen molar-refractivity contribution in [1.82, 2.24) is 24.2 Å². The Kier molecular flexibility index (Phi) is 7.37. The van der Waals surface area contributed by atoms with Gasteiger partial charge in [0.2, 0.25) is 11.8 Å². The van der Waals surface area contributed by atoms with Gasteiger partial charge in [-0.05, 0) is 50.9 Å². The molecule has 0 bridgehead atoms. The van der Waals surface area contributed by atoms with Gasteiger partial charge < -0.3 is 24.7 Å². The lowest BCUT2D eigenvalue weighted by atomic mass is 9.81. The fraction of sp³-hybridized carbons (Fsp3) is 0.429. The van der Waals surface area contributed by atoms with Crippen LogP contribution in [0.4, 0.5) is 10.3 Å². The van der Waals surface area contributed by atoms with Crippen molar-refractivity contribution in [3.8, 4) is 11.6 Å². The lowest BCUT2D eigenvalue weighted by Crippen LogP contribution is -2.36. The zero-order valence-electron chi connectivity index (χ0n) is 19.7. The Hall–Kier alpha value is -2.99. The zero-order chi connectivity index (χ0) is 26.2. The van der Waals surface area contributed by atoms with Gasteiger partial charge in [-0.15, -0.1) is 0 Å². The first-order valence-corrected chi connectivity index (χ1v) is 12.8. The van der Waals surface area contributed by atoms with Crippen LogP contribution in [-0.4, -0.2) is 62.1 Å². The lowest BCUT2D eigenvalue weighted by molar-refractivity contribution is -0.140. The highest BCUT2D eigenvalue weighted by Gasteiger charge is 2.41. The van der Waals surface area contributed by atoms with E-state index in [1.54, 1.807) is 6.33 Å². The smallest absolute Gasteiger partial charge is 0.462 e. The monoisotopic (exact) mass is 542 g/mol. The third-order valence-electron chi connectivity index (χ3n) is 6.09. The molecule has 3 aromatic rings. The summed E-state index contributed by atoms with van der Waals surface area (Å²) in [6, 6.07) is 2.37. The molecular formula is C21H25ClFN6O6P. The van der Waals surface area contributed by atoms with E-state index in [1.807, 2.05) is 4.57 Å². The maximum Gasteiger partial charge on any atom is 0.462 e. The Bertz CT molecular complexity index is 1340. The molecule has 1 saturated carbocycles. The summed E-state index contributed by atoms with van der Waals surface area (Å²) in [5.74, 6) is -2.16. The van der Waals surface area contributed by atoms with Crippen molar-refractivity contribution in [2.45, 2.75) is 31.8 Å². The van der Waals surface area contributed by atoms with Crippen LogP contribution in [0.15, 0.2) is 24.5 Å². The molecule has 1 aromatic carbocycles. The van der Waals surface area contributed by atoms with Crippen LogP contribution in [0.5, 0.6) is 11.6 Å². The van der Waals surface area contributed by atoms with Gasteiger partial charge in [0.25, 0.3) is 0 Å². The number of hydrogen-bond acceptors (Lipinski definition) is 9. The molecule has 0 spiro atoms. The molecule has 1 fully saturated rings. The number of ether oxygens (including phenoxy) is 1. The number of aliphatic carboxylic acids is 1. The van der Waals surface area contributed by atoms with Crippen LogP contribution >= 0.6 is 19.3 Å². The van der Waals surface area contributed by atoms with Crippen LogP contribution in [0, 0.1) is 11.7 Å². The first-order chi connectivity index (χ1) is 17.0. The van der Waals surface area contributed by atoms with Gasteiger partial charge in [0.15, 0.2) is 22.7 Å². The third-order valence-corrected chi connectivity index (χ3v) is 8.35. The highest BCUT2D eigenvalue weighted by molar-refractivity contribution is 7.51. The van der Waals surface area contributed by atoms with Gasteiger partial charge in [-0.2, -0.15) is 14.6 Å². The van der Waals surface area contributed by atoms with Crippen LogP contribution in [0.25, 0.3) is 11.2 Å². The highest BCUT2D eigenvalue weighted by atomic mass is 35.5. The molecule has 2 aromatic heterocycles. The van der Waals surface area contributed by atoms with E-state index in [0.29, 0.717) is 24.0 Å². The quantitative estimate of drug-likeness (QED) is 0.359. The first-order valence-electron chi connectivity index (χ1n) is 10.9. The van der Waals surface area contributed by atoms with E-state index in [2.05, 4.69) is 15.0 Å². The molecule has 12 nitrogen and oxygen atoms in total. The number of methoxy groups -OCH3 is 1. The van der Waals surface area contributed by atoms with E-state index < -0.39 is 25.6 Å². The number of rotatable bonds is 10. The molecule has 2 unspecified atom stereocenters. The van der Waals surface area contributed by atoms with Crippen LogP contribution in [-0.2, 0) is 13.9 Å². The summed E-state index contributed by atoms with van der Waals surface area (Å²) in [6.45, 7) is 1.32. The van der Waals surface area contributed by atoms with Crippen LogP contribution < -0.4 is 15.0 Å². The minimum absolute atomic E-state index is 0.00720. The summed E-state index contributed by atoms with van der Waals surface area (Å²) in [6.07, 6.45) is 2.89. The number of carboxylic acids is 1. The van der Waals surface area contributed by atoms with Gasteiger partial charge >= 0.3 is 13.7 Å². The van der Waals surface area contributed by atoms with Crippen molar-refractivity contribution >= 4 is 42.4 Å². The number of aromatic nitrogens is 4. The van der Waals surface area contributed by atoms with Gasteiger partial charge in [-0.25, -0.2) is 13.9 Å². The van der Waals surface area contributed by atoms with E-state index in [1.165, 1.54) is 33.2 Å². The molecule has 36 heavy (non-hydrogen) atoms. The van der Waals surface area contributed by atoms with E-state index in [0.717, 1.165) is 10.7 Å². The molecular weight excluding hydrogens is 518 g/mol.